The highest BCUT2D eigenvalue weighted by Crippen LogP contribution is 2.28. The molecule has 1 N–H and O–H groups in total. The molecule has 0 aliphatic carbocycles. The lowest BCUT2D eigenvalue weighted by Gasteiger charge is -2.32. The van der Waals surface area contributed by atoms with Gasteiger partial charge in [-0.05, 0) is 39.3 Å². The summed E-state index contributed by atoms with van der Waals surface area (Å²) in [6.07, 6.45) is 0.827. The molecule has 3 nitrogen and oxygen atoms in total. The van der Waals surface area contributed by atoms with Gasteiger partial charge in [-0.25, -0.2) is 9.18 Å². The maximum absolute atomic E-state index is 14.2. The first-order valence-electron chi connectivity index (χ1n) is 6.75. The summed E-state index contributed by atoms with van der Waals surface area (Å²) in [5.41, 5.74) is -0.907. The second-order valence-corrected chi connectivity index (χ2v) is 5.84. The van der Waals surface area contributed by atoms with Crippen molar-refractivity contribution >= 4 is 21.9 Å². The highest BCUT2D eigenvalue weighted by atomic mass is 79.9. The largest absolute Gasteiger partial charge is 0.464 e. The van der Waals surface area contributed by atoms with Gasteiger partial charge in [0.2, 0.25) is 0 Å². The molecule has 1 rings (SSSR count). The van der Waals surface area contributed by atoms with Crippen molar-refractivity contribution in [3.05, 3.63) is 34.1 Å². The number of nitrogens with one attached hydrogen (secondary N) is 1. The molecule has 0 aliphatic heterocycles. The van der Waals surface area contributed by atoms with Crippen molar-refractivity contribution in [3.8, 4) is 0 Å². The van der Waals surface area contributed by atoms with E-state index < -0.39 is 17.3 Å². The first-order chi connectivity index (χ1) is 9.35. The van der Waals surface area contributed by atoms with Gasteiger partial charge in [0, 0.05) is 16.1 Å². The molecule has 0 fully saturated rings. The minimum absolute atomic E-state index is 0.0625. The Morgan fingerprint density at radius 2 is 2.15 bits per heavy atom. The highest BCUT2D eigenvalue weighted by molar-refractivity contribution is 9.10. The molecular formula is C15H21BrFNO2. The van der Waals surface area contributed by atoms with E-state index in [1.165, 1.54) is 6.07 Å². The molecule has 2 atom stereocenters. The third kappa shape index (κ3) is 3.79. The summed E-state index contributed by atoms with van der Waals surface area (Å²) >= 11 is 3.22. The lowest BCUT2D eigenvalue weighted by molar-refractivity contribution is -0.151. The summed E-state index contributed by atoms with van der Waals surface area (Å²) in [4.78, 5) is 12.3. The van der Waals surface area contributed by atoms with E-state index in [1.807, 2.05) is 13.8 Å². The van der Waals surface area contributed by atoms with Crippen LogP contribution in [0.4, 0.5) is 4.39 Å². The summed E-state index contributed by atoms with van der Waals surface area (Å²) in [5, 5.41) is 3.17. The number of halogens is 2. The third-order valence-electron chi connectivity index (χ3n) is 3.30. The number of hydrogen-bond donors (Lipinski definition) is 1. The highest BCUT2D eigenvalue weighted by Gasteiger charge is 2.39. The Labute approximate surface area is 128 Å². The van der Waals surface area contributed by atoms with E-state index in [4.69, 9.17) is 4.74 Å². The Morgan fingerprint density at radius 1 is 1.50 bits per heavy atom. The molecule has 0 radical (unpaired) electrons. The lowest BCUT2D eigenvalue weighted by atomic mass is 9.90. The van der Waals surface area contributed by atoms with Crippen LogP contribution in [-0.4, -0.2) is 18.6 Å². The fraction of sp³-hybridized carbons (Fsp3) is 0.533. The Morgan fingerprint density at radius 3 is 2.65 bits per heavy atom. The molecule has 5 heteroatoms. The first kappa shape index (κ1) is 17.1. The minimum atomic E-state index is -1.20. The van der Waals surface area contributed by atoms with E-state index in [9.17, 15) is 9.18 Å². The zero-order chi connectivity index (χ0) is 15.3. The smallest absolute Gasteiger partial charge is 0.330 e. The molecule has 2 unspecified atom stereocenters. The van der Waals surface area contributed by atoms with Crippen molar-refractivity contribution in [2.24, 2.45) is 0 Å². The van der Waals surface area contributed by atoms with Crippen LogP contribution in [0.25, 0.3) is 0 Å². The van der Waals surface area contributed by atoms with Crippen LogP contribution in [0.5, 0.6) is 0 Å². The lowest BCUT2D eigenvalue weighted by Crippen LogP contribution is -2.51. The van der Waals surface area contributed by atoms with Crippen molar-refractivity contribution in [3.63, 3.8) is 0 Å². The number of ether oxygens (including phenoxy) is 1. The van der Waals surface area contributed by atoms with Gasteiger partial charge in [0.15, 0.2) is 0 Å². The monoisotopic (exact) mass is 345 g/mol. The van der Waals surface area contributed by atoms with Crippen LogP contribution in [-0.2, 0) is 15.1 Å². The Hall–Kier alpha value is -0.940. The standard InChI is InChI=1S/C15H21BrFNO2/c1-5-10(3)18-15(4,14(19)20-6-2)12-8-7-11(16)9-13(12)17/h7-10,18H,5-6H2,1-4H3. The molecule has 0 aliphatic rings. The van der Waals surface area contributed by atoms with Crippen molar-refractivity contribution in [2.45, 2.75) is 45.7 Å². The topological polar surface area (TPSA) is 38.3 Å². The molecule has 20 heavy (non-hydrogen) atoms. The van der Waals surface area contributed by atoms with Crippen molar-refractivity contribution in [2.75, 3.05) is 6.61 Å². The normalized spacial score (nSPS) is 15.5. The SMILES string of the molecule is CCOC(=O)C(C)(NC(C)CC)c1ccc(Br)cc1F. The van der Waals surface area contributed by atoms with Gasteiger partial charge in [0.05, 0.1) is 6.61 Å². The van der Waals surface area contributed by atoms with E-state index in [1.54, 1.807) is 26.0 Å². The maximum atomic E-state index is 14.2. The van der Waals surface area contributed by atoms with Crippen molar-refractivity contribution in [1.29, 1.82) is 0 Å². The summed E-state index contributed by atoms with van der Waals surface area (Å²) in [7, 11) is 0. The van der Waals surface area contributed by atoms with Gasteiger partial charge in [-0.15, -0.1) is 0 Å². The zero-order valence-electron chi connectivity index (χ0n) is 12.3. The molecule has 0 heterocycles. The minimum Gasteiger partial charge on any atom is -0.464 e. The first-order valence-corrected chi connectivity index (χ1v) is 7.54. The van der Waals surface area contributed by atoms with Gasteiger partial charge < -0.3 is 4.74 Å². The van der Waals surface area contributed by atoms with Crippen molar-refractivity contribution in [1.82, 2.24) is 5.32 Å². The van der Waals surface area contributed by atoms with Crippen molar-refractivity contribution < 1.29 is 13.9 Å². The summed E-state index contributed by atoms with van der Waals surface area (Å²) < 4.78 is 20.0. The molecule has 0 spiro atoms. The molecule has 0 aromatic heterocycles. The van der Waals surface area contributed by atoms with Crippen LogP contribution in [0.1, 0.15) is 39.7 Å². The van der Waals surface area contributed by atoms with Crippen LogP contribution in [0.3, 0.4) is 0 Å². The Bertz CT molecular complexity index is 481. The molecule has 1 aromatic rings. The molecule has 112 valence electrons. The molecule has 0 saturated heterocycles. The van der Waals surface area contributed by atoms with Gasteiger partial charge in [-0.3, -0.25) is 5.32 Å². The maximum Gasteiger partial charge on any atom is 0.330 e. The number of carbonyl (C=O) groups is 1. The van der Waals surface area contributed by atoms with Gasteiger partial charge in [-0.2, -0.15) is 0 Å². The summed E-state index contributed by atoms with van der Waals surface area (Å²) in [6.45, 7) is 7.60. The van der Waals surface area contributed by atoms with Gasteiger partial charge in [0.1, 0.15) is 11.4 Å². The van der Waals surface area contributed by atoms with E-state index in [2.05, 4.69) is 21.2 Å². The predicted octanol–water partition coefficient (Wildman–Crippen LogP) is 3.75. The number of carbonyl (C=O) groups excluding carboxylic acids is 1. The number of esters is 1. The van der Waals surface area contributed by atoms with Gasteiger partial charge in [-0.1, -0.05) is 28.9 Å². The molecule has 0 bridgehead atoms. The molecule has 0 saturated carbocycles. The fourth-order valence-electron chi connectivity index (χ4n) is 2.01. The quantitative estimate of drug-likeness (QED) is 0.798. The summed E-state index contributed by atoms with van der Waals surface area (Å²) in [5.74, 6) is -0.910. The summed E-state index contributed by atoms with van der Waals surface area (Å²) in [6, 6.07) is 4.73. The average molecular weight is 346 g/mol. The zero-order valence-corrected chi connectivity index (χ0v) is 13.9. The Kier molecular flexibility index (Phi) is 6.14. The van der Waals surface area contributed by atoms with Gasteiger partial charge in [0.25, 0.3) is 0 Å². The molecule has 1 aromatic carbocycles. The van der Waals surface area contributed by atoms with E-state index >= 15 is 0 Å². The third-order valence-corrected chi connectivity index (χ3v) is 3.79. The molecule has 0 amide bonds. The predicted molar refractivity (Wildman–Crippen MR) is 81.0 cm³/mol. The van der Waals surface area contributed by atoms with E-state index in [0.717, 1.165) is 6.42 Å². The Balaban J connectivity index is 3.25. The molecular weight excluding hydrogens is 325 g/mol. The second kappa shape index (κ2) is 7.18. The van der Waals surface area contributed by atoms with Crippen LogP contribution in [0, 0.1) is 5.82 Å². The van der Waals surface area contributed by atoms with Crippen LogP contribution < -0.4 is 5.32 Å². The number of benzene rings is 1. The number of hydrogen-bond acceptors (Lipinski definition) is 3. The van der Waals surface area contributed by atoms with Crippen LogP contribution >= 0.6 is 15.9 Å². The second-order valence-electron chi connectivity index (χ2n) is 4.92. The van der Waals surface area contributed by atoms with E-state index in [-0.39, 0.29) is 12.6 Å². The van der Waals surface area contributed by atoms with Crippen LogP contribution in [0.2, 0.25) is 0 Å². The van der Waals surface area contributed by atoms with Crippen LogP contribution in [0.15, 0.2) is 22.7 Å². The fourth-order valence-corrected chi connectivity index (χ4v) is 2.35. The number of rotatable bonds is 6. The average Bonchev–Trinajstić information content (AvgIpc) is 2.38. The van der Waals surface area contributed by atoms with Gasteiger partial charge >= 0.3 is 5.97 Å². The van der Waals surface area contributed by atoms with E-state index in [0.29, 0.717) is 10.0 Å².